The highest BCUT2D eigenvalue weighted by atomic mass is 16.7. The number of ether oxygens (including phenoxy) is 2. The van der Waals surface area contributed by atoms with Gasteiger partial charge in [0.1, 0.15) is 24.4 Å². The summed E-state index contributed by atoms with van der Waals surface area (Å²) in [5, 5.41) is 43.5. The summed E-state index contributed by atoms with van der Waals surface area (Å²) < 4.78 is 10.6. The third-order valence-corrected chi connectivity index (χ3v) is 5.15. The van der Waals surface area contributed by atoms with Crippen LogP contribution in [0.5, 0.6) is 0 Å². The number of carbonyl (C=O) groups excluding carboxylic acids is 2. The largest absolute Gasteiger partial charge is 0.480 e. The average Bonchev–Trinajstić information content (AvgIpc) is 2.75. The molecule has 32 heavy (non-hydrogen) atoms. The van der Waals surface area contributed by atoms with Gasteiger partial charge in [-0.3, -0.25) is 9.59 Å². The van der Waals surface area contributed by atoms with Crippen molar-refractivity contribution in [3.63, 3.8) is 0 Å². The van der Waals surface area contributed by atoms with Crippen molar-refractivity contribution in [1.82, 2.24) is 10.6 Å². The lowest BCUT2D eigenvalue weighted by molar-refractivity contribution is -0.292. The van der Waals surface area contributed by atoms with E-state index >= 15 is 0 Å². The molecule has 0 aromatic rings. The van der Waals surface area contributed by atoms with Gasteiger partial charge in [0.15, 0.2) is 6.29 Å². The van der Waals surface area contributed by atoms with E-state index in [1.165, 1.54) is 0 Å². The van der Waals surface area contributed by atoms with E-state index in [2.05, 4.69) is 10.6 Å². The molecule has 2 amide bonds. The number of nitrogens with one attached hydrogen (secondary N) is 2. The molecule has 0 aromatic carbocycles. The van der Waals surface area contributed by atoms with Gasteiger partial charge < -0.3 is 46.3 Å². The van der Waals surface area contributed by atoms with E-state index < -0.39 is 42.7 Å². The number of carbonyl (C=O) groups is 3. The number of unbranched alkanes of at least 4 members (excludes halogenated alkanes) is 2. The molecule has 1 rings (SSSR count). The molecule has 0 aromatic heterocycles. The summed E-state index contributed by atoms with van der Waals surface area (Å²) in [6.45, 7) is 2.20. The Labute approximate surface area is 187 Å². The molecule has 1 aliphatic rings. The van der Waals surface area contributed by atoms with Crippen LogP contribution < -0.4 is 16.4 Å². The molecule has 186 valence electrons. The summed E-state index contributed by atoms with van der Waals surface area (Å²) >= 11 is 0. The molecule has 0 unspecified atom stereocenters. The maximum absolute atomic E-state index is 11.9. The van der Waals surface area contributed by atoms with Crippen LogP contribution in [0, 0.1) is 0 Å². The number of hydrogen-bond acceptors (Lipinski definition) is 9. The Morgan fingerprint density at radius 1 is 1.00 bits per heavy atom. The third kappa shape index (κ3) is 10.2. The first-order valence-corrected chi connectivity index (χ1v) is 11.0. The average molecular weight is 464 g/mol. The van der Waals surface area contributed by atoms with Gasteiger partial charge in [-0.25, -0.2) is 4.79 Å². The van der Waals surface area contributed by atoms with Crippen LogP contribution >= 0.6 is 0 Å². The monoisotopic (exact) mass is 463 g/mol. The van der Waals surface area contributed by atoms with Gasteiger partial charge in [-0.1, -0.05) is 0 Å². The number of carboxylic acids is 1. The fourth-order valence-corrected chi connectivity index (χ4v) is 3.19. The Bertz CT molecular complexity index is 593. The van der Waals surface area contributed by atoms with E-state index in [1.807, 2.05) is 0 Å². The summed E-state index contributed by atoms with van der Waals surface area (Å²) in [6, 6.07) is -0.934. The summed E-state index contributed by atoms with van der Waals surface area (Å²) in [6.07, 6.45) is -2.97. The Morgan fingerprint density at radius 3 is 2.28 bits per heavy atom. The van der Waals surface area contributed by atoms with Gasteiger partial charge in [0.2, 0.25) is 11.8 Å². The van der Waals surface area contributed by atoms with E-state index in [9.17, 15) is 29.7 Å². The number of amides is 2. The van der Waals surface area contributed by atoms with Gasteiger partial charge in [0.05, 0.1) is 12.7 Å². The van der Waals surface area contributed by atoms with E-state index in [0.717, 1.165) is 0 Å². The van der Waals surface area contributed by atoms with Crippen molar-refractivity contribution in [3.05, 3.63) is 0 Å². The van der Waals surface area contributed by atoms with E-state index in [-0.39, 0.29) is 37.8 Å². The van der Waals surface area contributed by atoms with Gasteiger partial charge in [-0.05, 0) is 45.6 Å². The van der Waals surface area contributed by atoms with Crippen LogP contribution in [0.25, 0.3) is 0 Å². The second-order valence-corrected chi connectivity index (χ2v) is 7.85. The van der Waals surface area contributed by atoms with Crippen LogP contribution in [0.2, 0.25) is 0 Å². The molecule has 0 aliphatic carbocycles. The lowest BCUT2D eigenvalue weighted by atomic mass is 10.0. The molecule has 0 saturated carbocycles. The minimum absolute atomic E-state index is 0.0339. The number of aliphatic hydroxyl groups excluding tert-OH is 3. The Balaban J connectivity index is 2.14. The predicted molar refractivity (Wildman–Crippen MR) is 112 cm³/mol. The Kier molecular flexibility index (Phi) is 13.3. The standard InChI is InChI=1S/C20H37N3O9/c1-12-16(26)17(27)18(28)20(32-12)31-11-10-22-14(24)7-2-3-8-15(25)23-13(19(29)30)6-4-5-9-21/h12-13,16-18,20,26-28H,2-11,21H2,1H3,(H,22,24)(H,23,25)(H,29,30)/t12-,13-,16+,17+,18-,20+/m0/s1. The summed E-state index contributed by atoms with van der Waals surface area (Å²) in [7, 11) is 0. The van der Waals surface area contributed by atoms with E-state index in [4.69, 9.17) is 20.3 Å². The quantitative estimate of drug-likeness (QED) is 0.136. The minimum Gasteiger partial charge on any atom is -0.480 e. The molecule has 0 radical (unpaired) electrons. The number of carboxylic acid groups (broad SMARTS) is 1. The van der Waals surface area contributed by atoms with Crippen molar-refractivity contribution >= 4 is 17.8 Å². The Hall–Kier alpha value is -1.83. The van der Waals surface area contributed by atoms with Crippen LogP contribution in [-0.2, 0) is 23.9 Å². The molecule has 1 aliphatic heterocycles. The van der Waals surface area contributed by atoms with Crippen molar-refractivity contribution in [2.24, 2.45) is 5.73 Å². The molecular weight excluding hydrogens is 426 g/mol. The van der Waals surface area contributed by atoms with Crippen LogP contribution in [0.3, 0.4) is 0 Å². The summed E-state index contributed by atoms with van der Waals surface area (Å²) in [5.74, 6) is -1.69. The zero-order valence-electron chi connectivity index (χ0n) is 18.4. The van der Waals surface area contributed by atoms with Gasteiger partial charge in [0.25, 0.3) is 0 Å². The molecular formula is C20H37N3O9. The first-order valence-electron chi connectivity index (χ1n) is 11.0. The van der Waals surface area contributed by atoms with E-state index in [1.54, 1.807) is 6.92 Å². The smallest absolute Gasteiger partial charge is 0.326 e. The molecule has 12 nitrogen and oxygen atoms in total. The highest BCUT2D eigenvalue weighted by Gasteiger charge is 2.42. The topological polar surface area (TPSA) is 201 Å². The van der Waals surface area contributed by atoms with Crippen molar-refractivity contribution in [1.29, 1.82) is 0 Å². The normalized spacial score (nSPS) is 26.3. The highest BCUT2D eigenvalue weighted by molar-refractivity contribution is 5.83. The number of rotatable bonds is 15. The Morgan fingerprint density at radius 2 is 1.66 bits per heavy atom. The molecule has 1 saturated heterocycles. The molecule has 0 spiro atoms. The third-order valence-electron chi connectivity index (χ3n) is 5.15. The molecule has 12 heteroatoms. The second kappa shape index (κ2) is 15.1. The van der Waals surface area contributed by atoms with Crippen molar-refractivity contribution < 1.29 is 44.3 Å². The van der Waals surface area contributed by atoms with Crippen LogP contribution in [0.4, 0.5) is 0 Å². The van der Waals surface area contributed by atoms with Crippen molar-refractivity contribution in [2.75, 3.05) is 19.7 Å². The molecule has 6 atom stereocenters. The number of hydrogen-bond donors (Lipinski definition) is 7. The summed E-state index contributed by atoms with van der Waals surface area (Å²) in [5.41, 5.74) is 5.38. The predicted octanol–water partition coefficient (Wildman–Crippen LogP) is -1.79. The van der Waals surface area contributed by atoms with Gasteiger partial charge in [-0.2, -0.15) is 0 Å². The fourth-order valence-electron chi connectivity index (χ4n) is 3.19. The van der Waals surface area contributed by atoms with Crippen molar-refractivity contribution in [2.45, 2.75) is 88.6 Å². The highest BCUT2D eigenvalue weighted by Crippen LogP contribution is 2.21. The van der Waals surface area contributed by atoms with Crippen LogP contribution in [-0.4, -0.2) is 94.7 Å². The molecule has 1 heterocycles. The number of aliphatic carboxylic acids is 1. The van der Waals surface area contributed by atoms with Crippen LogP contribution in [0.1, 0.15) is 51.9 Å². The lowest BCUT2D eigenvalue weighted by Crippen LogP contribution is -2.57. The van der Waals surface area contributed by atoms with Gasteiger partial charge in [0, 0.05) is 19.4 Å². The zero-order valence-corrected chi connectivity index (χ0v) is 18.4. The number of aliphatic hydroxyl groups is 3. The first kappa shape index (κ1) is 28.2. The molecule has 0 bridgehead atoms. The zero-order chi connectivity index (χ0) is 24.1. The maximum Gasteiger partial charge on any atom is 0.326 e. The van der Waals surface area contributed by atoms with Gasteiger partial charge >= 0.3 is 5.97 Å². The first-order chi connectivity index (χ1) is 15.2. The lowest BCUT2D eigenvalue weighted by Gasteiger charge is -2.38. The minimum atomic E-state index is -1.40. The van der Waals surface area contributed by atoms with Crippen molar-refractivity contribution in [3.8, 4) is 0 Å². The molecule has 1 fully saturated rings. The SMILES string of the molecule is C[C@@H]1O[C@@H](OCCNC(=O)CCCCC(=O)N[C@@H](CCCCN)C(=O)O)[C@@H](O)[C@H](O)[C@@H]1O. The maximum atomic E-state index is 11.9. The van der Waals surface area contributed by atoms with E-state index in [0.29, 0.717) is 38.6 Å². The van der Waals surface area contributed by atoms with Crippen LogP contribution in [0.15, 0.2) is 0 Å². The molecule has 8 N–H and O–H groups in total. The fraction of sp³-hybridized carbons (Fsp3) is 0.850. The number of nitrogens with two attached hydrogens (primary N) is 1. The second-order valence-electron chi connectivity index (χ2n) is 7.85. The van der Waals surface area contributed by atoms with Gasteiger partial charge in [-0.15, -0.1) is 0 Å². The summed E-state index contributed by atoms with van der Waals surface area (Å²) in [4.78, 5) is 34.9.